The number of rotatable bonds is 1. The van der Waals surface area contributed by atoms with E-state index < -0.39 is 0 Å². The van der Waals surface area contributed by atoms with Crippen molar-refractivity contribution in [1.82, 2.24) is 0 Å². The molecule has 1 aliphatic rings. The van der Waals surface area contributed by atoms with Gasteiger partial charge in [-0.25, -0.2) is 0 Å². The number of anilines is 3. The first kappa shape index (κ1) is 14.4. The van der Waals surface area contributed by atoms with Gasteiger partial charge < -0.3 is 4.90 Å². The number of hydrogen-bond acceptors (Lipinski definition) is 2. The van der Waals surface area contributed by atoms with Crippen molar-refractivity contribution in [2.45, 2.75) is 30.6 Å². The number of hydrogen-bond donors (Lipinski definition) is 0. The smallest absolute Gasteiger partial charge is 0.0630 e. The minimum atomic E-state index is 1.22. The lowest BCUT2D eigenvalue weighted by Crippen LogP contribution is -2.17. The Kier molecular flexibility index (Phi) is 3.42. The van der Waals surface area contributed by atoms with E-state index in [1.54, 1.807) is 0 Å². The Bertz CT molecular complexity index is 829. The second-order valence-corrected chi connectivity index (χ2v) is 7.20. The van der Waals surface area contributed by atoms with E-state index in [1.807, 2.05) is 11.8 Å². The Morgan fingerprint density at radius 2 is 1.17 bits per heavy atom. The Morgan fingerprint density at radius 1 is 0.652 bits per heavy atom. The predicted molar refractivity (Wildman–Crippen MR) is 99.5 cm³/mol. The Hall–Kier alpha value is -2.19. The summed E-state index contributed by atoms with van der Waals surface area (Å²) >= 11 is 1.87. The molecular weight excluding hydrogens is 298 g/mol. The average molecular weight is 317 g/mol. The quantitative estimate of drug-likeness (QED) is 0.392. The van der Waals surface area contributed by atoms with Crippen molar-refractivity contribution < 1.29 is 0 Å². The van der Waals surface area contributed by atoms with E-state index in [0.29, 0.717) is 0 Å². The molecule has 4 rings (SSSR count). The summed E-state index contributed by atoms with van der Waals surface area (Å²) in [5.74, 6) is 0. The van der Waals surface area contributed by atoms with Crippen LogP contribution in [0.3, 0.4) is 0 Å². The van der Waals surface area contributed by atoms with E-state index in [9.17, 15) is 0 Å². The second kappa shape index (κ2) is 5.47. The monoisotopic (exact) mass is 317 g/mol. The summed E-state index contributed by atoms with van der Waals surface area (Å²) in [7, 11) is 0. The zero-order valence-corrected chi connectivity index (χ0v) is 14.4. The third-order valence-electron chi connectivity index (χ3n) is 4.36. The molecule has 0 aromatic heterocycles. The maximum Gasteiger partial charge on any atom is 0.0630 e. The van der Waals surface area contributed by atoms with E-state index in [0.717, 1.165) is 0 Å². The summed E-state index contributed by atoms with van der Waals surface area (Å²) < 4.78 is 0. The molecule has 0 amide bonds. The van der Waals surface area contributed by atoms with Gasteiger partial charge in [-0.1, -0.05) is 53.7 Å². The molecule has 0 N–H and O–H groups in total. The Labute approximate surface area is 142 Å². The van der Waals surface area contributed by atoms with Crippen LogP contribution < -0.4 is 4.90 Å². The normalized spacial score (nSPS) is 12.7. The molecule has 3 aromatic carbocycles. The van der Waals surface area contributed by atoms with Crippen LogP contribution in [0.1, 0.15) is 16.7 Å². The minimum Gasteiger partial charge on any atom is -0.308 e. The van der Waals surface area contributed by atoms with Gasteiger partial charge in [0.05, 0.1) is 11.4 Å². The van der Waals surface area contributed by atoms with Gasteiger partial charge >= 0.3 is 0 Å². The lowest BCUT2D eigenvalue weighted by molar-refractivity contribution is 1.12. The van der Waals surface area contributed by atoms with Gasteiger partial charge in [-0.15, -0.1) is 0 Å². The fourth-order valence-electron chi connectivity index (χ4n) is 3.18. The molecule has 0 fully saturated rings. The lowest BCUT2D eigenvalue weighted by atomic mass is 10.1. The van der Waals surface area contributed by atoms with Gasteiger partial charge in [0, 0.05) is 15.5 Å². The molecule has 1 aliphatic heterocycles. The third kappa shape index (κ3) is 2.34. The Balaban J connectivity index is 2.02. The summed E-state index contributed by atoms with van der Waals surface area (Å²) in [6, 6.07) is 22.0. The Morgan fingerprint density at radius 3 is 1.70 bits per heavy atom. The summed E-state index contributed by atoms with van der Waals surface area (Å²) in [5.41, 5.74) is 7.75. The maximum atomic E-state index is 2.42. The summed E-state index contributed by atoms with van der Waals surface area (Å²) in [5, 5.41) is 0. The van der Waals surface area contributed by atoms with Crippen molar-refractivity contribution in [2.75, 3.05) is 4.90 Å². The van der Waals surface area contributed by atoms with Crippen molar-refractivity contribution in [3.8, 4) is 0 Å². The third-order valence-corrected chi connectivity index (χ3v) is 5.46. The minimum absolute atomic E-state index is 1.22. The molecule has 1 heterocycles. The zero-order valence-electron chi connectivity index (χ0n) is 13.6. The van der Waals surface area contributed by atoms with Crippen LogP contribution in [0, 0.1) is 20.8 Å². The molecular formula is C21H19NS. The average Bonchev–Trinajstić information content (AvgIpc) is 2.54. The number of aryl methyl sites for hydroxylation is 3. The van der Waals surface area contributed by atoms with Crippen LogP contribution in [0.15, 0.2) is 70.5 Å². The largest absolute Gasteiger partial charge is 0.308 e. The van der Waals surface area contributed by atoms with Crippen molar-refractivity contribution in [1.29, 1.82) is 0 Å². The molecule has 0 atom stereocenters. The van der Waals surface area contributed by atoms with Gasteiger partial charge in [0.1, 0.15) is 0 Å². The van der Waals surface area contributed by atoms with Crippen LogP contribution in [0.5, 0.6) is 0 Å². The van der Waals surface area contributed by atoms with Crippen LogP contribution >= 0.6 is 11.8 Å². The summed E-state index contributed by atoms with van der Waals surface area (Å²) in [4.78, 5) is 5.07. The molecule has 114 valence electrons. The second-order valence-electron chi connectivity index (χ2n) is 6.12. The SMILES string of the molecule is Cc1ccc(N2c3c(C)cccc3Sc3cccc(C)c32)cc1. The van der Waals surface area contributed by atoms with E-state index in [2.05, 4.69) is 86.3 Å². The van der Waals surface area contributed by atoms with Crippen LogP contribution in [-0.2, 0) is 0 Å². The number of para-hydroxylation sites is 2. The van der Waals surface area contributed by atoms with Crippen molar-refractivity contribution in [3.05, 3.63) is 77.4 Å². The molecule has 1 nitrogen and oxygen atoms in total. The van der Waals surface area contributed by atoms with Crippen LogP contribution in [0.25, 0.3) is 0 Å². The molecule has 0 saturated heterocycles. The standard InChI is InChI=1S/C21H19NS/c1-14-10-12-17(13-11-14)22-20-15(2)6-4-8-18(20)23-19-9-5-7-16(3)21(19)22/h4-13H,1-3H3. The zero-order chi connectivity index (χ0) is 16.0. The fourth-order valence-corrected chi connectivity index (χ4v) is 4.41. The molecule has 0 unspecified atom stereocenters. The topological polar surface area (TPSA) is 3.24 Å². The van der Waals surface area contributed by atoms with E-state index in [1.165, 1.54) is 43.5 Å². The summed E-state index contributed by atoms with van der Waals surface area (Å²) in [6.45, 7) is 6.53. The highest BCUT2D eigenvalue weighted by Gasteiger charge is 2.27. The summed E-state index contributed by atoms with van der Waals surface area (Å²) in [6.07, 6.45) is 0. The highest BCUT2D eigenvalue weighted by atomic mass is 32.2. The lowest BCUT2D eigenvalue weighted by Gasteiger charge is -2.35. The van der Waals surface area contributed by atoms with Gasteiger partial charge in [-0.3, -0.25) is 0 Å². The molecule has 0 saturated carbocycles. The van der Waals surface area contributed by atoms with Crippen LogP contribution in [0.4, 0.5) is 17.1 Å². The molecule has 2 heteroatoms. The van der Waals surface area contributed by atoms with Crippen LogP contribution in [-0.4, -0.2) is 0 Å². The van der Waals surface area contributed by atoms with Crippen molar-refractivity contribution >= 4 is 28.8 Å². The first-order valence-electron chi connectivity index (χ1n) is 7.89. The van der Waals surface area contributed by atoms with Gasteiger partial charge in [0.2, 0.25) is 0 Å². The van der Waals surface area contributed by atoms with Crippen LogP contribution in [0.2, 0.25) is 0 Å². The first-order chi connectivity index (χ1) is 11.1. The van der Waals surface area contributed by atoms with E-state index in [-0.39, 0.29) is 0 Å². The number of fused-ring (bicyclic) bond motifs is 2. The van der Waals surface area contributed by atoms with Gasteiger partial charge in [-0.05, 0) is 56.2 Å². The molecule has 23 heavy (non-hydrogen) atoms. The number of benzene rings is 3. The maximum absolute atomic E-state index is 2.42. The first-order valence-corrected chi connectivity index (χ1v) is 8.70. The molecule has 0 spiro atoms. The van der Waals surface area contributed by atoms with Crippen molar-refractivity contribution in [2.24, 2.45) is 0 Å². The fraction of sp³-hybridized carbons (Fsp3) is 0.143. The molecule has 0 aliphatic carbocycles. The molecule has 0 bridgehead atoms. The van der Waals surface area contributed by atoms with E-state index >= 15 is 0 Å². The molecule has 0 radical (unpaired) electrons. The highest BCUT2D eigenvalue weighted by molar-refractivity contribution is 7.99. The van der Waals surface area contributed by atoms with Gasteiger partial charge in [0.15, 0.2) is 0 Å². The molecule has 3 aromatic rings. The highest BCUT2D eigenvalue weighted by Crippen LogP contribution is 2.53. The van der Waals surface area contributed by atoms with Crippen molar-refractivity contribution in [3.63, 3.8) is 0 Å². The van der Waals surface area contributed by atoms with Gasteiger partial charge in [-0.2, -0.15) is 0 Å². The number of nitrogens with zero attached hydrogens (tertiary/aromatic N) is 1. The predicted octanol–water partition coefficient (Wildman–Crippen LogP) is 6.55. The van der Waals surface area contributed by atoms with E-state index in [4.69, 9.17) is 0 Å². The van der Waals surface area contributed by atoms with Gasteiger partial charge in [0.25, 0.3) is 0 Å².